The zero-order valence-corrected chi connectivity index (χ0v) is 17.1. The Morgan fingerprint density at radius 2 is 2.11 bits per heavy atom. The number of aromatic nitrogens is 1. The lowest BCUT2D eigenvalue weighted by Crippen LogP contribution is -2.36. The number of anilines is 1. The van der Waals surface area contributed by atoms with E-state index in [9.17, 15) is 4.79 Å². The van der Waals surface area contributed by atoms with E-state index in [-0.39, 0.29) is 6.09 Å². The predicted octanol–water partition coefficient (Wildman–Crippen LogP) is 5.18. The second-order valence-corrected chi connectivity index (χ2v) is 8.06. The summed E-state index contributed by atoms with van der Waals surface area (Å²) in [6.45, 7) is 8.11. The van der Waals surface area contributed by atoms with Crippen molar-refractivity contribution in [1.29, 1.82) is 0 Å². The Labute approximate surface area is 165 Å². The number of nitrogens with zero attached hydrogens (tertiary/aromatic N) is 2. The molecule has 0 aliphatic carbocycles. The number of nitrogens with one attached hydrogen (secondary N) is 1. The highest BCUT2D eigenvalue weighted by molar-refractivity contribution is 7.13. The standard InChI is InChI=1S/C21H29N3O2S/c1-3-4-11-24-12-9-17(10-13-24)14-26-21(25)23-19-8-6-5-7-18(19)20-22-16(2)15-27-20/h5-8,15,17H,3-4,9-14H2,1-2H3,(H,23,25). The quantitative estimate of drug-likeness (QED) is 0.711. The summed E-state index contributed by atoms with van der Waals surface area (Å²) in [6, 6.07) is 7.72. The molecule has 1 saturated heterocycles. The number of carbonyl (C=O) groups is 1. The average molecular weight is 388 g/mol. The maximum Gasteiger partial charge on any atom is 0.411 e. The zero-order chi connectivity index (χ0) is 19.1. The van der Waals surface area contributed by atoms with Crippen molar-refractivity contribution < 1.29 is 9.53 Å². The number of aryl methyl sites for hydroxylation is 1. The summed E-state index contributed by atoms with van der Waals surface area (Å²) < 4.78 is 5.51. The number of para-hydroxylation sites is 1. The van der Waals surface area contributed by atoms with Crippen LogP contribution in [0.25, 0.3) is 10.6 Å². The first-order chi connectivity index (χ1) is 13.2. The molecule has 0 unspecified atom stereocenters. The van der Waals surface area contributed by atoms with Crippen LogP contribution in [0.3, 0.4) is 0 Å². The molecule has 146 valence electrons. The van der Waals surface area contributed by atoms with Gasteiger partial charge in [0.1, 0.15) is 5.01 Å². The van der Waals surface area contributed by atoms with Crippen LogP contribution in [0.5, 0.6) is 0 Å². The first-order valence-electron chi connectivity index (χ1n) is 9.83. The number of likely N-dealkylation sites (tertiary alicyclic amines) is 1. The minimum Gasteiger partial charge on any atom is -0.449 e. The molecule has 5 nitrogen and oxygen atoms in total. The molecule has 1 fully saturated rings. The molecule has 2 heterocycles. The number of amides is 1. The molecule has 0 saturated carbocycles. The molecule has 1 aromatic heterocycles. The summed E-state index contributed by atoms with van der Waals surface area (Å²) in [6.07, 6.45) is 4.33. The Morgan fingerprint density at radius 3 is 2.81 bits per heavy atom. The van der Waals surface area contributed by atoms with Gasteiger partial charge >= 0.3 is 6.09 Å². The fourth-order valence-electron chi connectivity index (χ4n) is 3.35. The number of rotatable bonds is 7. The second-order valence-electron chi connectivity index (χ2n) is 7.20. The smallest absolute Gasteiger partial charge is 0.411 e. The van der Waals surface area contributed by atoms with E-state index < -0.39 is 0 Å². The molecule has 1 aliphatic heterocycles. The molecule has 1 N–H and O–H groups in total. The molecule has 0 atom stereocenters. The SMILES string of the molecule is CCCCN1CCC(COC(=O)Nc2ccccc2-c2nc(C)cs2)CC1. The van der Waals surface area contributed by atoms with Gasteiger partial charge in [0.15, 0.2) is 0 Å². The number of hydrogen-bond acceptors (Lipinski definition) is 5. The fraction of sp³-hybridized carbons (Fsp3) is 0.524. The first kappa shape index (κ1) is 19.8. The van der Waals surface area contributed by atoms with Gasteiger partial charge in [-0.25, -0.2) is 9.78 Å². The molecule has 1 aliphatic rings. The van der Waals surface area contributed by atoms with Crippen molar-refractivity contribution in [2.75, 3.05) is 31.6 Å². The van der Waals surface area contributed by atoms with Crippen molar-refractivity contribution in [2.45, 2.75) is 39.5 Å². The largest absolute Gasteiger partial charge is 0.449 e. The van der Waals surface area contributed by atoms with E-state index in [1.807, 2.05) is 36.6 Å². The van der Waals surface area contributed by atoms with Crippen LogP contribution in [0, 0.1) is 12.8 Å². The van der Waals surface area contributed by atoms with Crippen molar-refractivity contribution in [1.82, 2.24) is 9.88 Å². The van der Waals surface area contributed by atoms with Crippen molar-refractivity contribution in [3.8, 4) is 10.6 Å². The van der Waals surface area contributed by atoms with Crippen LogP contribution in [-0.4, -0.2) is 42.2 Å². The van der Waals surface area contributed by atoms with Crippen molar-refractivity contribution in [3.05, 3.63) is 35.3 Å². The van der Waals surface area contributed by atoms with Gasteiger partial charge in [-0.1, -0.05) is 25.5 Å². The van der Waals surface area contributed by atoms with E-state index in [0.29, 0.717) is 12.5 Å². The van der Waals surface area contributed by atoms with Gasteiger partial charge in [0, 0.05) is 16.6 Å². The molecular weight excluding hydrogens is 358 g/mol. The second kappa shape index (κ2) is 9.85. The normalized spacial score (nSPS) is 15.6. The molecule has 2 aromatic rings. The molecule has 0 bridgehead atoms. The van der Waals surface area contributed by atoms with Crippen LogP contribution < -0.4 is 5.32 Å². The van der Waals surface area contributed by atoms with Gasteiger partial charge in [-0.15, -0.1) is 11.3 Å². The predicted molar refractivity (Wildman–Crippen MR) is 111 cm³/mol. The van der Waals surface area contributed by atoms with Gasteiger partial charge in [0.05, 0.1) is 12.3 Å². The summed E-state index contributed by atoms with van der Waals surface area (Å²) >= 11 is 1.58. The van der Waals surface area contributed by atoms with Gasteiger partial charge in [0.2, 0.25) is 0 Å². The van der Waals surface area contributed by atoms with E-state index in [0.717, 1.165) is 47.9 Å². The van der Waals surface area contributed by atoms with Crippen LogP contribution in [0.4, 0.5) is 10.5 Å². The van der Waals surface area contributed by atoms with E-state index in [1.54, 1.807) is 11.3 Å². The van der Waals surface area contributed by atoms with Crippen molar-refractivity contribution in [2.24, 2.45) is 5.92 Å². The molecule has 3 rings (SSSR count). The number of hydrogen-bond donors (Lipinski definition) is 1. The van der Waals surface area contributed by atoms with Crippen LogP contribution in [0.2, 0.25) is 0 Å². The number of thiazole rings is 1. The topological polar surface area (TPSA) is 54.5 Å². The summed E-state index contributed by atoms with van der Waals surface area (Å²) in [7, 11) is 0. The summed E-state index contributed by atoms with van der Waals surface area (Å²) in [5.74, 6) is 0.463. The van der Waals surface area contributed by atoms with Gasteiger partial charge in [-0.2, -0.15) is 0 Å². The minimum atomic E-state index is -0.385. The van der Waals surface area contributed by atoms with E-state index in [2.05, 4.69) is 22.1 Å². The Balaban J connectivity index is 1.48. The molecule has 0 spiro atoms. The van der Waals surface area contributed by atoms with E-state index in [4.69, 9.17) is 4.74 Å². The maximum atomic E-state index is 12.3. The first-order valence-corrected chi connectivity index (χ1v) is 10.7. The zero-order valence-electron chi connectivity index (χ0n) is 16.2. The Morgan fingerprint density at radius 1 is 1.33 bits per heavy atom. The number of carbonyl (C=O) groups excluding carboxylic acids is 1. The number of ether oxygens (including phenoxy) is 1. The van der Waals surface area contributed by atoms with Gasteiger partial charge in [0.25, 0.3) is 0 Å². The fourth-order valence-corrected chi connectivity index (χ4v) is 4.19. The Kier molecular flexibility index (Phi) is 7.24. The maximum absolute atomic E-state index is 12.3. The Hall–Kier alpha value is -1.92. The van der Waals surface area contributed by atoms with Crippen molar-refractivity contribution >= 4 is 23.1 Å². The third-order valence-electron chi connectivity index (χ3n) is 5.00. The number of benzene rings is 1. The monoisotopic (exact) mass is 387 g/mol. The van der Waals surface area contributed by atoms with Crippen molar-refractivity contribution in [3.63, 3.8) is 0 Å². The average Bonchev–Trinajstić information content (AvgIpc) is 3.12. The van der Waals surface area contributed by atoms with Crippen LogP contribution in [0.15, 0.2) is 29.6 Å². The highest BCUT2D eigenvalue weighted by Gasteiger charge is 2.20. The Bertz CT molecular complexity index is 739. The molecule has 6 heteroatoms. The molecule has 0 radical (unpaired) electrons. The van der Waals surface area contributed by atoms with E-state index in [1.165, 1.54) is 19.4 Å². The highest BCUT2D eigenvalue weighted by Crippen LogP contribution is 2.30. The third kappa shape index (κ3) is 5.78. The number of unbranched alkanes of at least 4 members (excludes halogenated alkanes) is 1. The van der Waals surface area contributed by atoms with Crippen LogP contribution in [0.1, 0.15) is 38.3 Å². The number of piperidine rings is 1. The summed E-state index contributed by atoms with van der Waals surface area (Å²) in [5, 5.41) is 5.81. The summed E-state index contributed by atoms with van der Waals surface area (Å²) in [5.41, 5.74) is 2.65. The molecule has 1 amide bonds. The van der Waals surface area contributed by atoms with Gasteiger partial charge in [-0.3, -0.25) is 5.32 Å². The molecule has 27 heavy (non-hydrogen) atoms. The van der Waals surface area contributed by atoms with E-state index >= 15 is 0 Å². The lowest BCUT2D eigenvalue weighted by Gasteiger charge is -2.31. The van der Waals surface area contributed by atoms with Gasteiger partial charge in [-0.05, 0) is 63.9 Å². The van der Waals surface area contributed by atoms with Crippen LogP contribution in [-0.2, 0) is 4.74 Å². The lowest BCUT2D eigenvalue weighted by molar-refractivity contribution is 0.104. The molecular formula is C21H29N3O2S. The van der Waals surface area contributed by atoms with Crippen LogP contribution >= 0.6 is 11.3 Å². The molecule has 1 aromatic carbocycles. The lowest BCUT2D eigenvalue weighted by atomic mass is 9.98. The highest BCUT2D eigenvalue weighted by atomic mass is 32.1. The third-order valence-corrected chi connectivity index (χ3v) is 5.99. The van der Waals surface area contributed by atoms with Gasteiger partial charge < -0.3 is 9.64 Å². The summed E-state index contributed by atoms with van der Waals surface area (Å²) in [4.78, 5) is 19.3. The minimum absolute atomic E-state index is 0.385.